The van der Waals surface area contributed by atoms with Gasteiger partial charge in [-0.1, -0.05) is 12.1 Å². The quantitative estimate of drug-likeness (QED) is 0.807. The van der Waals surface area contributed by atoms with Gasteiger partial charge in [-0.15, -0.1) is 0 Å². The van der Waals surface area contributed by atoms with E-state index in [0.717, 1.165) is 25.1 Å². The topological polar surface area (TPSA) is 29.5 Å². The van der Waals surface area contributed by atoms with Crippen LogP contribution in [0.2, 0.25) is 0 Å². The smallest absolute Gasteiger partial charge is 0.387 e. The largest absolute Gasteiger partial charge is 0.435 e. The Morgan fingerprint density at radius 2 is 1.94 bits per heavy atom. The molecule has 2 rings (SSSR count). The van der Waals surface area contributed by atoms with Gasteiger partial charge in [0.15, 0.2) is 0 Å². The predicted octanol–water partition coefficient (Wildman–Crippen LogP) is 2.06. The van der Waals surface area contributed by atoms with E-state index in [1.54, 1.807) is 17.0 Å². The van der Waals surface area contributed by atoms with Gasteiger partial charge in [-0.25, -0.2) is 0 Å². The number of likely N-dealkylation sites (tertiary alicyclic amines) is 1. The van der Waals surface area contributed by atoms with Gasteiger partial charge in [0.2, 0.25) is 5.91 Å². The van der Waals surface area contributed by atoms with Crippen molar-refractivity contribution in [2.24, 2.45) is 0 Å². The molecule has 5 heteroatoms. The van der Waals surface area contributed by atoms with E-state index in [4.69, 9.17) is 0 Å². The fourth-order valence-corrected chi connectivity index (χ4v) is 1.64. The third kappa shape index (κ3) is 3.15. The zero-order valence-electron chi connectivity index (χ0n) is 9.23. The summed E-state index contributed by atoms with van der Waals surface area (Å²) in [6.07, 6.45) is 1.38. The second-order valence-electron chi connectivity index (χ2n) is 3.93. The van der Waals surface area contributed by atoms with Crippen molar-refractivity contribution < 1.29 is 18.3 Å². The highest BCUT2D eigenvalue weighted by atomic mass is 19.3. The number of rotatable bonds is 4. The molecule has 0 bridgehead atoms. The van der Waals surface area contributed by atoms with Gasteiger partial charge >= 0.3 is 6.61 Å². The van der Waals surface area contributed by atoms with Crippen molar-refractivity contribution in [2.45, 2.75) is 19.5 Å². The minimum Gasteiger partial charge on any atom is -0.435 e. The third-order valence-corrected chi connectivity index (χ3v) is 2.71. The summed E-state index contributed by atoms with van der Waals surface area (Å²) in [5.74, 6) is 0.193. The summed E-state index contributed by atoms with van der Waals surface area (Å²) >= 11 is 0. The Morgan fingerprint density at radius 1 is 1.29 bits per heavy atom. The first-order chi connectivity index (χ1) is 8.15. The Morgan fingerprint density at radius 3 is 2.41 bits per heavy atom. The van der Waals surface area contributed by atoms with Gasteiger partial charge in [-0.2, -0.15) is 8.78 Å². The van der Waals surface area contributed by atoms with Crippen molar-refractivity contribution in [2.75, 3.05) is 13.1 Å². The van der Waals surface area contributed by atoms with Crippen LogP contribution in [-0.4, -0.2) is 30.5 Å². The van der Waals surface area contributed by atoms with Crippen LogP contribution in [0.5, 0.6) is 5.75 Å². The first-order valence-corrected chi connectivity index (χ1v) is 5.46. The number of carbonyl (C=O) groups excluding carboxylic acids is 1. The van der Waals surface area contributed by atoms with E-state index in [0.29, 0.717) is 6.42 Å². The molecule has 0 spiro atoms. The second-order valence-corrected chi connectivity index (χ2v) is 3.93. The molecule has 0 aromatic heterocycles. The van der Waals surface area contributed by atoms with Crippen LogP contribution >= 0.6 is 0 Å². The summed E-state index contributed by atoms with van der Waals surface area (Å²) in [6.45, 7) is -1.17. The highest BCUT2D eigenvalue weighted by Crippen LogP contribution is 2.16. The van der Waals surface area contributed by atoms with Gasteiger partial charge < -0.3 is 9.64 Å². The van der Waals surface area contributed by atoms with Crippen LogP contribution in [0.1, 0.15) is 12.0 Å². The fraction of sp³-hybridized carbons (Fsp3) is 0.417. The predicted molar refractivity (Wildman–Crippen MR) is 58.0 cm³/mol. The summed E-state index contributed by atoms with van der Waals surface area (Å²) in [6, 6.07) is 6.17. The summed E-state index contributed by atoms with van der Waals surface area (Å²) < 4.78 is 28.0. The lowest BCUT2D eigenvalue weighted by Crippen LogP contribution is -2.42. The molecule has 92 valence electrons. The molecule has 1 aromatic carbocycles. The van der Waals surface area contributed by atoms with E-state index in [2.05, 4.69) is 4.74 Å². The maximum Gasteiger partial charge on any atom is 0.387 e. The number of hydrogen-bond acceptors (Lipinski definition) is 2. The lowest BCUT2D eigenvalue weighted by atomic mass is 10.1. The number of halogens is 2. The van der Waals surface area contributed by atoms with E-state index in [1.807, 2.05) is 0 Å². The Labute approximate surface area is 98.0 Å². The lowest BCUT2D eigenvalue weighted by molar-refractivity contribution is -0.133. The first kappa shape index (κ1) is 11.8. The Balaban J connectivity index is 1.90. The molecule has 0 atom stereocenters. The van der Waals surface area contributed by atoms with Gasteiger partial charge in [-0.3, -0.25) is 4.79 Å². The number of amides is 1. The normalized spacial score (nSPS) is 14.6. The van der Waals surface area contributed by atoms with Gasteiger partial charge in [-0.05, 0) is 24.1 Å². The van der Waals surface area contributed by atoms with Crippen molar-refractivity contribution in [3.05, 3.63) is 29.8 Å². The van der Waals surface area contributed by atoms with Gasteiger partial charge in [0.25, 0.3) is 0 Å². The van der Waals surface area contributed by atoms with Crippen molar-refractivity contribution >= 4 is 5.91 Å². The zero-order chi connectivity index (χ0) is 12.3. The number of benzene rings is 1. The van der Waals surface area contributed by atoms with E-state index in [9.17, 15) is 13.6 Å². The highest BCUT2D eigenvalue weighted by molar-refractivity contribution is 5.79. The van der Waals surface area contributed by atoms with Crippen LogP contribution in [0.15, 0.2) is 24.3 Å². The number of nitrogens with zero attached hydrogens (tertiary/aromatic N) is 1. The fourth-order valence-electron chi connectivity index (χ4n) is 1.64. The zero-order valence-corrected chi connectivity index (χ0v) is 9.23. The Hall–Kier alpha value is -1.65. The van der Waals surface area contributed by atoms with E-state index in [1.165, 1.54) is 12.1 Å². The first-order valence-electron chi connectivity index (χ1n) is 5.46. The number of ether oxygens (including phenoxy) is 1. The van der Waals surface area contributed by atoms with Crippen molar-refractivity contribution in [1.29, 1.82) is 0 Å². The van der Waals surface area contributed by atoms with Crippen LogP contribution in [0.4, 0.5) is 8.78 Å². The van der Waals surface area contributed by atoms with Crippen LogP contribution in [0.3, 0.4) is 0 Å². The molecule has 1 amide bonds. The Bertz CT molecular complexity index is 388. The molecule has 0 unspecified atom stereocenters. The van der Waals surface area contributed by atoms with Crippen LogP contribution in [-0.2, 0) is 11.2 Å². The third-order valence-electron chi connectivity index (χ3n) is 2.71. The molecule has 0 radical (unpaired) electrons. The minimum absolute atomic E-state index is 0.0822. The van der Waals surface area contributed by atoms with Gasteiger partial charge in [0, 0.05) is 13.1 Å². The molecule has 1 fully saturated rings. The molecule has 1 heterocycles. The molecule has 1 aromatic rings. The van der Waals surface area contributed by atoms with E-state index < -0.39 is 6.61 Å². The highest BCUT2D eigenvalue weighted by Gasteiger charge is 2.19. The summed E-state index contributed by atoms with van der Waals surface area (Å²) in [4.78, 5) is 13.4. The maximum absolute atomic E-state index is 11.9. The van der Waals surface area contributed by atoms with Crippen LogP contribution in [0, 0.1) is 0 Å². The SMILES string of the molecule is O=C(Cc1ccc(OC(F)F)cc1)N1CCC1. The standard InChI is InChI=1S/C12H13F2NO2/c13-12(14)17-10-4-2-9(3-5-10)8-11(16)15-6-1-7-15/h2-5,12H,1,6-8H2. The molecule has 1 aliphatic heterocycles. The minimum atomic E-state index is -2.82. The molecular weight excluding hydrogens is 228 g/mol. The number of hydrogen-bond donors (Lipinski definition) is 0. The molecule has 3 nitrogen and oxygen atoms in total. The Kier molecular flexibility index (Phi) is 3.56. The molecule has 1 aliphatic rings. The van der Waals surface area contributed by atoms with E-state index in [-0.39, 0.29) is 11.7 Å². The summed E-state index contributed by atoms with van der Waals surface area (Å²) in [5.41, 5.74) is 0.809. The average molecular weight is 241 g/mol. The summed E-state index contributed by atoms with van der Waals surface area (Å²) in [5, 5.41) is 0. The maximum atomic E-state index is 11.9. The van der Waals surface area contributed by atoms with Crippen molar-refractivity contribution in [3.63, 3.8) is 0 Å². The molecule has 0 N–H and O–H groups in total. The monoisotopic (exact) mass is 241 g/mol. The molecule has 1 saturated heterocycles. The van der Waals surface area contributed by atoms with Crippen molar-refractivity contribution in [1.82, 2.24) is 4.90 Å². The molecular formula is C12H13F2NO2. The molecule has 17 heavy (non-hydrogen) atoms. The average Bonchev–Trinajstić information content (AvgIpc) is 2.17. The van der Waals surface area contributed by atoms with Crippen LogP contribution < -0.4 is 4.74 Å². The summed E-state index contributed by atoms with van der Waals surface area (Å²) in [7, 11) is 0. The lowest BCUT2D eigenvalue weighted by Gasteiger charge is -2.30. The second kappa shape index (κ2) is 5.12. The van der Waals surface area contributed by atoms with Crippen LogP contribution in [0.25, 0.3) is 0 Å². The number of carbonyl (C=O) groups is 1. The van der Waals surface area contributed by atoms with Gasteiger partial charge in [0.1, 0.15) is 5.75 Å². The molecule has 0 aliphatic carbocycles. The van der Waals surface area contributed by atoms with Gasteiger partial charge in [0.05, 0.1) is 6.42 Å². The van der Waals surface area contributed by atoms with Crippen molar-refractivity contribution in [3.8, 4) is 5.75 Å². The molecule has 0 saturated carbocycles. The number of alkyl halides is 2. The van der Waals surface area contributed by atoms with E-state index >= 15 is 0 Å².